The molecule has 2 rings (SSSR count). The number of hydrogen-bond acceptors (Lipinski definition) is 4. The SMILES string of the molecule is CCCCN1C(=O)CC[C@@H](C(=O)NOCC)[C@H]1c1ccccc1OC. The van der Waals surface area contributed by atoms with Crippen LogP contribution in [0.15, 0.2) is 24.3 Å². The third-order valence-corrected chi connectivity index (χ3v) is 4.57. The van der Waals surface area contributed by atoms with E-state index in [0.717, 1.165) is 18.4 Å². The summed E-state index contributed by atoms with van der Waals surface area (Å²) in [6.07, 6.45) is 2.76. The summed E-state index contributed by atoms with van der Waals surface area (Å²) in [4.78, 5) is 32.2. The Kier molecular flexibility index (Phi) is 7.25. The summed E-state index contributed by atoms with van der Waals surface area (Å²) >= 11 is 0. The quantitative estimate of drug-likeness (QED) is 0.734. The van der Waals surface area contributed by atoms with Gasteiger partial charge < -0.3 is 9.64 Å². The average Bonchev–Trinajstić information content (AvgIpc) is 2.64. The van der Waals surface area contributed by atoms with Crippen molar-refractivity contribution in [3.8, 4) is 5.75 Å². The van der Waals surface area contributed by atoms with E-state index in [1.165, 1.54) is 0 Å². The van der Waals surface area contributed by atoms with Crippen LogP contribution in [-0.4, -0.2) is 37.0 Å². The fourth-order valence-electron chi connectivity index (χ4n) is 3.33. The van der Waals surface area contributed by atoms with Crippen LogP contribution in [0.1, 0.15) is 51.1 Å². The van der Waals surface area contributed by atoms with Crippen molar-refractivity contribution >= 4 is 11.8 Å². The van der Waals surface area contributed by atoms with Crippen LogP contribution >= 0.6 is 0 Å². The van der Waals surface area contributed by atoms with Crippen LogP contribution in [0.3, 0.4) is 0 Å². The number of nitrogens with zero attached hydrogens (tertiary/aromatic N) is 1. The van der Waals surface area contributed by atoms with Crippen molar-refractivity contribution in [1.29, 1.82) is 0 Å². The summed E-state index contributed by atoms with van der Waals surface area (Å²) in [6.45, 7) is 4.94. The van der Waals surface area contributed by atoms with Crippen LogP contribution in [0.5, 0.6) is 5.75 Å². The Balaban J connectivity index is 2.40. The molecule has 0 spiro atoms. The second kappa shape index (κ2) is 9.42. The summed E-state index contributed by atoms with van der Waals surface area (Å²) in [5.74, 6) is 0.229. The average molecular weight is 348 g/mol. The Morgan fingerprint density at radius 1 is 1.32 bits per heavy atom. The number of ether oxygens (including phenoxy) is 1. The van der Waals surface area contributed by atoms with Crippen LogP contribution in [-0.2, 0) is 14.4 Å². The van der Waals surface area contributed by atoms with Gasteiger partial charge in [-0.2, -0.15) is 0 Å². The maximum Gasteiger partial charge on any atom is 0.249 e. The fourth-order valence-corrected chi connectivity index (χ4v) is 3.33. The van der Waals surface area contributed by atoms with Crippen molar-refractivity contribution in [3.63, 3.8) is 0 Å². The number of hydrogen-bond donors (Lipinski definition) is 1. The molecule has 6 nitrogen and oxygen atoms in total. The molecule has 138 valence electrons. The Morgan fingerprint density at radius 3 is 2.76 bits per heavy atom. The topological polar surface area (TPSA) is 67.9 Å². The number of amides is 2. The molecule has 1 aliphatic heterocycles. The van der Waals surface area contributed by atoms with Crippen LogP contribution in [0.2, 0.25) is 0 Å². The first-order chi connectivity index (χ1) is 12.1. The van der Waals surface area contributed by atoms with Gasteiger partial charge in [0.25, 0.3) is 0 Å². The molecule has 0 unspecified atom stereocenters. The van der Waals surface area contributed by atoms with Crippen molar-refractivity contribution in [3.05, 3.63) is 29.8 Å². The Hall–Kier alpha value is -2.08. The van der Waals surface area contributed by atoms with Gasteiger partial charge in [-0.3, -0.25) is 14.4 Å². The molecule has 1 fully saturated rings. The van der Waals surface area contributed by atoms with Crippen molar-refractivity contribution in [1.82, 2.24) is 10.4 Å². The standard InChI is InChI=1S/C19H28N2O4/c1-4-6-13-21-17(22)12-11-15(19(23)20-25-5-2)18(21)14-9-7-8-10-16(14)24-3/h7-10,15,18H,4-6,11-13H2,1-3H3,(H,20,23)/t15-,18-/m1/s1. The Bertz CT molecular complexity index is 591. The third kappa shape index (κ3) is 4.51. The van der Waals surface area contributed by atoms with Gasteiger partial charge in [0.05, 0.1) is 25.7 Å². The molecule has 2 amide bonds. The molecule has 0 aliphatic carbocycles. The minimum Gasteiger partial charge on any atom is -0.496 e. The zero-order valence-electron chi connectivity index (χ0n) is 15.3. The molecule has 1 heterocycles. The first kappa shape index (κ1) is 19.2. The Morgan fingerprint density at radius 2 is 2.08 bits per heavy atom. The molecule has 25 heavy (non-hydrogen) atoms. The summed E-state index contributed by atoms with van der Waals surface area (Å²) in [5.41, 5.74) is 3.38. The number of carbonyl (C=O) groups excluding carboxylic acids is 2. The van der Waals surface area contributed by atoms with Crippen LogP contribution in [0.4, 0.5) is 0 Å². The van der Waals surface area contributed by atoms with Gasteiger partial charge in [0.15, 0.2) is 0 Å². The molecule has 2 atom stereocenters. The number of methoxy groups -OCH3 is 1. The molecule has 6 heteroatoms. The van der Waals surface area contributed by atoms with E-state index < -0.39 is 0 Å². The van der Waals surface area contributed by atoms with E-state index in [0.29, 0.717) is 31.7 Å². The number of unbranched alkanes of at least 4 members (excludes halogenated alkanes) is 1. The molecule has 1 N–H and O–H groups in total. The molecule has 0 saturated carbocycles. The lowest BCUT2D eigenvalue weighted by atomic mass is 9.83. The molecule has 0 bridgehead atoms. The lowest BCUT2D eigenvalue weighted by Crippen LogP contribution is -2.48. The molecule has 0 aromatic heterocycles. The van der Waals surface area contributed by atoms with Gasteiger partial charge in [-0.15, -0.1) is 0 Å². The lowest BCUT2D eigenvalue weighted by Gasteiger charge is -2.41. The van der Waals surface area contributed by atoms with Gasteiger partial charge in [-0.05, 0) is 25.8 Å². The predicted octanol–water partition coefficient (Wildman–Crippen LogP) is 2.84. The number of para-hydroxylation sites is 1. The number of benzene rings is 1. The van der Waals surface area contributed by atoms with Crippen LogP contribution < -0.4 is 10.2 Å². The fraction of sp³-hybridized carbons (Fsp3) is 0.579. The monoisotopic (exact) mass is 348 g/mol. The minimum absolute atomic E-state index is 0.0878. The van der Waals surface area contributed by atoms with Crippen molar-refractivity contribution in [2.24, 2.45) is 5.92 Å². The normalized spacial score (nSPS) is 20.4. The van der Waals surface area contributed by atoms with Gasteiger partial charge in [0, 0.05) is 18.5 Å². The highest BCUT2D eigenvalue weighted by molar-refractivity contribution is 5.84. The first-order valence-corrected chi connectivity index (χ1v) is 8.98. The van der Waals surface area contributed by atoms with Gasteiger partial charge in [0.1, 0.15) is 5.75 Å². The number of nitrogens with one attached hydrogen (secondary N) is 1. The minimum atomic E-state index is -0.364. The van der Waals surface area contributed by atoms with Gasteiger partial charge in [-0.25, -0.2) is 5.48 Å². The second-order valence-corrected chi connectivity index (χ2v) is 6.17. The maximum absolute atomic E-state index is 12.7. The van der Waals surface area contributed by atoms with E-state index in [4.69, 9.17) is 9.57 Å². The summed E-state index contributed by atoms with van der Waals surface area (Å²) < 4.78 is 5.49. The highest BCUT2D eigenvalue weighted by atomic mass is 16.6. The van der Waals surface area contributed by atoms with Crippen molar-refractivity contribution < 1.29 is 19.2 Å². The van der Waals surface area contributed by atoms with Crippen LogP contribution in [0.25, 0.3) is 0 Å². The number of piperidine rings is 1. The molecule has 0 radical (unpaired) electrons. The van der Waals surface area contributed by atoms with Crippen LogP contribution in [0, 0.1) is 5.92 Å². The van der Waals surface area contributed by atoms with E-state index in [9.17, 15) is 9.59 Å². The summed E-state index contributed by atoms with van der Waals surface area (Å²) in [6, 6.07) is 7.25. The van der Waals surface area contributed by atoms with E-state index in [-0.39, 0.29) is 23.8 Å². The van der Waals surface area contributed by atoms with E-state index in [2.05, 4.69) is 12.4 Å². The summed E-state index contributed by atoms with van der Waals surface area (Å²) in [7, 11) is 1.61. The molecule has 1 aromatic rings. The van der Waals surface area contributed by atoms with Gasteiger partial charge in [-0.1, -0.05) is 31.5 Å². The summed E-state index contributed by atoms with van der Waals surface area (Å²) in [5, 5.41) is 0. The number of carbonyl (C=O) groups is 2. The zero-order chi connectivity index (χ0) is 18.2. The molecule has 1 aliphatic rings. The van der Waals surface area contributed by atoms with Crippen molar-refractivity contribution in [2.75, 3.05) is 20.3 Å². The lowest BCUT2D eigenvalue weighted by molar-refractivity contribution is -0.149. The van der Waals surface area contributed by atoms with E-state index in [1.54, 1.807) is 7.11 Å². The first-order valence-electron chi connectivity index (χ1n) is 8.98. The molecule has 1 aromatic carbocycles. The van der Waals surface area contributed by atoms with Crippen molar-refractivity contribution in [2.45, 2.75) is 45.6 Å². The van der Waals surface area contributed by atoms with E-state index in [1.807, 2.05) is 36.1 Å². The van der Waals surface area contributed by atoms with E-state index >= 15 is 0 Å². The third-order valence-electron chi connectivity index (χ3n) is 4.57. The van der Waals surface area contributed by atoms with Gasteiger partial charge >= 0.3 is 0 Å². The highest BCUT2D eigenvalue weighted by Crippen LogP contribution is 2.40. The second-order valence-electron chi connectivity index (χ2n) is 6.17. The Labute approximate surface area is 149 Å². The number of rotatable bonds is 8. The smallest absolute Gasteiger partial charge is 0.249 e. The molecular formula is C19H28N2O4. The zero-order valence-corrected chi connectivity index (χ0v) is 15.3. The predicted molar refractivity (Wildman–Crippen MR) is 94.8 cm³/mol. The largest absolute Gasteiger partial charge is 0.496 e. The maximum atomic E-state index is 12.7. The highest BCUT2D eigenvalue weighted by Gasteiger charge is 2.41. The number of likely N-dealkylation sites (tertiary alicyclic amines) is 1. The molecular weight excluding hydrogens is 320 g/mol. The van der Waals surface area contributed by atoms with Gasteiger partial charge in [0.2, 0.25) is 11.8 Å². The molecule has 1 saturated heterocycles. The number of hydroxylamine groups is 1.